The normalized spacial score (nSPS) is 11.0. The Bertz CT molecular complexity index is 905. The lowest BCUT2D eigenvalue weighted by Gasteiger charge is -2.06. The number of aromatic nitrogens is 2. The molecule has 2 aromatic carbocycles. The lowest BCUT2D eigenvalue weighted by molar-refractivity contribution is 0.310. The van der Waals surface area contributed by atoms with E-state index in [4.69, 9.17) is 4.74 Å². The molecule has 0 aliphatic carbocycles. The van der Waals surface area contributed by atoms with E-state index in [1.807, 2.05) is 30.3 Å². The molecule has 0 unspecified atom stereocenters. The Morgan fingerprint density at radius 2 is 1.67 bits per heavy atom. The summed E-state index contributed by atoms with van der Waals surface area (Å²) in [6, 6.07) is 19.8. The van der Waals surface area contributed by atoms with Crippen LogP contribution in [0.4, 0.5) is 0 Å². The van der Waals surface area contributed by atoms with Gasteiger partial charge in [-0.05, 0) is 36.1 Å². The minimum absolute atomic E-state index is 0.113. The molecule has 0 aliphatic rings. The average molecular weight is 378 g/mol. The lowest BCUT2D eigenvalue weighted by atomic mass is 10.1. The Kier molecular flexibility index (Phi) is 7.30. The van der Waals surface area contributed by atoms with Crippen LogP contribution in [-0.2, 0) is 0 Å². The molecule has 1 aromatic heterocycles. The summed E-state index contributed by atoms with van der Waals surface area (Å²) in [5.41, 5.74) is 2.22. The molecule has 0 amide bonds. The second kappa shape index (κ2) is 10.4. The van der Waals surface area contributed by atoms with Gasteiger partial charge in [-0.3, -0.25) is 4.79 Å². The Balaban J connectivity index is 1.35. The van der Waals surface area contributed by atoms with Gasteiger partial charge in [0.15, 0.2) is 5.16 Å². The number of ether oxygens (including phenoxy) is 1. The summed E-state index contributed by atoms with van der Waals surface area (Å²) in [4.78, 5) is 18.0. The zero-order valence-corrected chi connectivity index (χ0v) is 15.8. The molecule has 0 bridgehead atoms. The smallest absolute Gasteiger partial charge is 0.251 e. The fraction of sp³-hybridized carbons (Fsp3) is 0.182. The largest absolute Gasteiger partial charge is 0.494 e. The van der Waals surface area contributed by atoms with E-state index in [0.717, 1.165) is 29.9 Å². The van der Waals surface area contributed by atoms with Crippen molar-refractivity contribution in [3.63, 3.8) is 0 Å². The van der Waals surface area contributed by atoms with Crippen LogP contribution in [0.5, 0.6) is 5.75 Å². The van der Waals surface area contributed by atoms with Gasteiger partial charge < -0.3 is 9.72 Å². The molecule has 1 heterocycles. The number of hydrogen-bond acceptors (Lipinski definition) is 4. The van der Waals surface area contributed by atoms with Crippen molar-refractivity contribution in [1.29, 1.82) is 0 Å². The molecule has 0 saturated carbocycles. The molecular weight excluding hydrogens is 356 g/mol. The Hall–Kier alpha value is -2.79. The predicted molar refractivity (Wildman–Crippen MR) is 112 cm³/mol. The first-order chi connectivity index (χ1) is 13.3. The third kappa shape index (κ3) is 6.79. The van der Waals surface area contributed by atoms with Gasteiger partial charge in [0.25, 0.3) is 5.56 Å². The third-order valence-electron chi connectivity index (χ3n) is 3.84. The van der Waals surface area contributed by atoms with Gasteiger partial charge in [0, 0.05) is 18.0 Å². The highest BCUT2D eigenvalue weighted by atomic mass is 32.2. The fourth-order valence-electron chi connectivity index (χ4n) is 2.42. The molecule has 0 atom stereocenters. The van der Waals surface area contributed by atoms with Crippen LogP contribution < -0.4 is 10.3 Å². The molecule has 3 rings (SSSR count). The molecule has 27 heavy (non-hydrogen) atoms. The second-order valence-electron chi connectivity index (χ2n) is 5.96. The molecule has 0 fully saturated rings. The number of hydrogen-bond donors (Lipinski definition) is 1. The van der Waals surface area contributed by atoms with Crippen molar-refractivity contribution in [2.45, 2.75) is 18.0 Å². The highest BCUT2D eigenvalue weighted by Gasteiger charge is 1.98. The van der Waals surface area contributed by atoms with Crippen LogP contribution in [0.1, 0.15) is 24.0 Å². The van der Waals surface area contributed by atoms with Crippen molar-refractivity contribution in [3.05, 3.63) is 88.3 Å². The van der Waals surface area contributed by atoms with Gasteiger partial charge in [0.1, 0.15) is 5.75 Å². The Morgan fingerprint density at radius 3 is 2.41 bits per heavy atom. The third-order valence-corrected chi connectivity index (χ3v) is 4.82. The number of nitrogens with zero attached hydrogens (tertiary/aromatic N) is 1. The highest BCUT2D eigenvalue weighted by Crippen LogP contribution is 2.16. The van der Waals surface area contributed by atoms with Crippen LogP contribution in [0.25, 0.3) is 12.2 Å². The van der Waals surface area contributed by atoms with E-state index in [1.165, 1.54) is 17.8 Å². The van der Waals surface area contributed by atoms with Crippen molar-refractivity contribution in [3.8, 4) is 5.75 Å². The summed E-state index contributed by atoms with van der Waals surface area (Å²) in [6.07, 6.45) is 7.69. The maximum atomic E-state index is 11.2. The summed E-state index contributed by atoms with van der Waals surface area (Å²) in [7, 11) is 0. The van der Waals surface area contributed by atoms with E-state index in [-0.39, 0.29) is 5.56 Å². The predicted octanol–water partition coefficient (Wildman–Crippen LogP) is 4.89. The Morgan fingerprint density at radius 1 is 0.926 bits per heavy atom. The second-order valence-corrected chi connectivity index (χ2v) is 7.04. The number of benzene rings is 2. The number of nitrogens with one attached hydrogen (secondary N) is 1. The molecule has 0 aliphatic heterocycles. The average Bonchev–Trinajstić information content (AvgIpc) is 2.71. The van der Waals surface area contributed by atoms with Crippen molar-refractivity contribution >= 4 is 23.9 Å². The van der Waals surface area contributed by atoms with Crippen LogP contribution in [0.15, 0.2) is 76.8 Å². The standard InChI is InChI=1S/C22H22N2O2S/c25-21-14-15-23-22(24-21)27-17-5-4-16-26-20-12-10-19(11-13-20)9-8-18-6-2-1-3-7-18/h1-3,6-15H,4-5,16-17H2,(H,23,24,25)/b9-8+. The SMILES string of the molecule is O=c1ccnc(SCCCCOc2ccc(/C=C/c3ccccc3)cc2)[nH]1. The summed E-state index contributed by atoms with van der Waals surface area (Å²) < 4.78 is 5.79. The van der Waals surface area contributed by atoms with E-state index in [2.05, 4.69) is 46.4 Å². The van der Waals surface area contributed by atoms with E-state index < -0.39 is 0 Å². The first-order valence-electron chi connectivity index (χ1n) is 8.94. The molecule has 138 valence electrons. The van der Waals surface area contributed by atoms with Gasteiger partial charge in [-0.2, -0.15) is 0 Å². The van der Waals surface area contributed by atoms with Gasteiger partial charge in [-0.25, -0.2) is 4.98 Å². The molecule has 1 N–H and O–H groups in total. The quantitative estimate of drug-likeness (QED) is 0.249. The van der Waals surface area contributed by atoms with E-state index in [9.17, 15) is 4.79 Å². The van der Waals surface area contributed by atoms with Crippen LogP contribution >= 0.6 is 11.8 Å². The fourth-order valence-corrected chi connectivity index (χ4v) is 3.27. The molecule has 3 aromatic rings. The minimum Gasteiger partial charge on any atom is -0.494 e. The highest BCUT2D eigenvalue weighted by molar-refractivity contribution is 7.99. The number of thioether (sulfide) groups is 1. The molecular formula is C22H22N2O2S. The first-order valence-corrected chi connectivity index (χ1v) is 9.92. The van der Waals surface area contributed by atoms with Crippen LogP contribution in [0, 0.1) is 0 Å². The van der Waals surface area contributed by atoms with Crippen molar-refractivity contribution in [2.75, 3.05) is 12.4 Å². The molecule has 4 nitrogen and oxygen atoms in total. The number of rotatable bonds is 9. The van der Waals surface area contributed by atoms with Gasteiger partial charge in [-0.1, -0.05) is 66.4 Å². The van der Waals surface area contributed by atoms with Crippen molar-refractivity contribution in [2.24, 2.45) is 0 Å². The van der Waals surface area contributed by atoms with E-state index >= 15 is 0 Å². The summed E-state index contributed by atoms with van der Waals surface area (Å²) >= 11 is 1.56. The van der Waals surface area contributed by atoms with Gasteiger partial charge >= 0.3 is 0 Å². The topological polar surface area (TPSA) is 55.0 Å². The van der Waals surface area contributed by atoms with Gasteiger partial charge in [0.05, 0.1) is 6.61 Å². The van der Waals surface area contributed by atoms with E-state index in [0.29, 0.717) is 11.8 Å². The molecule has 0 saturated heterocycles. The monoisotopic (exact) mass is 378 g/mol. The number of aromatic amines is 1. The first kappa shape index (κ1) is 19.0. The Labute approximate surface area is 163 Å². The molecule has 0 spiro atoms. The summed E-state index contributed by atoms with van der Waals surface area (Å²) in [5, 5.41) is 0.669. The maximum absolute atomic E-state index is 11.2. The van der Waals surface area contributed by atoms with Crippen LogP contribution in [0.3, 0.4) is 0 Å². The molecule has 5 heteroatoms. The maximum Gasteiger partial charge on any atom is 0.251 e. The van der Waals surface area contributed by atoms with Crippen molar-refractivity contribution < 1.29 is 4.74 Å². The molecule has 0 radical (unpaired) electrons. The number of unbranched alkanes of at least 4 members (excludes halogenated alkanes) is 1. The summed E-state index contributed by atoms with van der Waals surface area (Å²) in [5.74, 6) is 1.79. The number of H-pyrrole nitrogens is 1. The zero-order valence-electron chi connectivity index (χ0n) is 15.0. The lowest BCUT2D eigenvalue weighted by Crippen LogP contribution is -2.05. The summed E-state index contributed by atoms with van der Waals surface area (Å²) in [6.45, 7) is 0.679. The van der Waals surface area contributed by atoms with Gasteiger partial charge in [0.2, 0.25) is 0 Å². The van der Waals surface area contributed by atoms with Gasteiger partial charge in [-0.15, -0.1) is 0 Å². The van der Waals surface area contributed by atoms with Crippen LogP contribution in [-0.4, -0.2) is 22.3 Å². The van der Waals surface area contributed by atoms with Crippen LogP contribution in [0.2, 0.25) is 0 Å². The van der Waals surface area contributed by atoms with E-state index in [1.54, 1.807) is 11.8 Å². The van der Waals surface area contributed by atoms with Crippen molar-refractivity contribution in [1.82, 2.24) is 9.97 Å². The minimum atomic E-state index is -0.113. The zero-order chi connectivity index (χ0) is 18.7.